The van der Waals surface area contributed by atoms with Gasteiger partial charge in [0.2, 0.25) is 0 Å². The molecule has 2 aromatic rings. The van der Waals surface area contributed by atoms with Crippen molar-refractivity contribution in [2.75, 3.05) is 0 Å². The van der Waals surface area contributed by atoms with E-state index in [1.54, 1.807) is 0 Å². The van der Waals surface area contributed by atoms with E-state index < -0.39 is 0 Å². The first-order valence-corrected chi connectivity index (χ1v) is 6.30. The van der Waals surface area contributed by atoms with Gasteiger partial charge in [-0.1, -0.05) is 12.1 Å². The predicted octanol–water partition coefficient (Wildman–Crippen LogP) is 3.42. The van der Waals surface area contributed by atoms with Crippen LogP contribution >= 0.6 is 0 Å². The lowest BCUT2D eigenvalue weighted by Gasteiger charge is -2.12. The molecule has 2 nitrogen and oxygen atoms in total. The second kappa shape index (κ2) is 4.62. The minimum Gasteiger partial charge on any atom is -0.392 e. The summed E-state index contributed by atoms with van der Waals surface area (Å²) in [6, 6.07) is 6.43. The fourth-order valence-electron chi connectivity index (χ4n) is 2.41. The molecule has 0 saturated heterocycles. The van der Waals surface area contributed by atoms with Gasteiger partial charge in [-0.3, -0.25) is 0 Å². The molecular formula is C16H21NO. The van der Waals surface area contributed by atoms with Crippen molar-refractivity contribution in [2.45, 2.75) is 34.3 Å². The largest absolute Gasteiger partial charge is 0.392 e. The van der Waals surface area contributed by atoms with Crippen LogP contribution < -0.4 is 0 Å². The van der Waals surface area contributed by atoms with Gasteiger partial charge in [0.25, 0.3) is 0 Å². The quantitative estimate of drug-likeness (QED) is 0.859. The number of aliphatic hydroxyl groups is 1. The zero-order chi connectivity index (χ0) is 13.4. The number of nitrogens with zero attached hydrogens (tertiary/aromatic N) is 1. The highest BCUT2D eigenvalue weighted by Crippen LogP contribution is 2.30. The third-order valence-corrected chi connectivity index (χ3v) is 4.14. The van der Waals surface area contributed by atoms with Gasteiger partial charge in [-0.25, -0.2) is 0 Å². The molecule has 0 aliphatic heterocycles. The van der Waals surface area contributed by atoms with E-state index >= 15 is 0 Å². The standard InChI is InChI=1S/C16H21NO/c1-10-6-7-15(12(3)11(10)2)16-8-14(9-18)13(4)17(16)5/h6-8,18H,9H2,1-5H3. The minimum absolute atomic E-state index is 0.101. The predicted molar refractivity (Wildman–Crippen MR) is 75.7 cm³/mol. The summed E-state index contributed by atoms with van der Waals surface area (Å²) in [5, 5.41) is 9.36. The second-order valence-electron chi connectivity index (χ2n) is 5.04. The molecule has 0 radical (unpaired) electrons. The summed E-state index contributed by atoms with van der Waals surface area (Å²) < 4.78 is 2.16. The van der Waals surface area contributed by atoms with Gasteiger partial charge in [0.15, 0.2) is 0 Å². The zero-order valence-corrected chi connectivity index (χ0v) is 11.8. The molecule has 2 rings (SSSR count). The molecule has 1 N–H and O–H groups in total. The maximum Gasteiger partial charge on any atom is 0.0699 e. The Morgan fingerprint density at radius 1 is 1.06 bits per heavy atom. The van der Waals surface area contributed by atoms with Crippen molar-refractivity contribution in [1.82, 2.24) is 4.57 Å². The maximum atomic E-state index is 9.36. The van der Waals surface area contributed by atoms with Gasteiger partial charge < -0.3 is 9.67 Å². The normalized spacial score (nSPS) is 11.0. The van der Waals surface area contributed by atoms with Crippen LogP contribution in [0.3, 0.4) is 0 Å². The molecule has 0 aliphatic carbocycles. The van der Waals surface area contributed by atoms with Crippen LogP contribution in [-0.4, -0.2) is 9.67 Å². The molecule has 0 unspecified atom stereocenters. The molecule has 0 amide bonds. The third kappa shape index (κ3) is 1.87. The maximum absolute atomic E-state index is 9.36. The van der Waals surface area contributed by atoms with E-state index in [9.17, 15) is 5.11 Å². The fraction of sp³-hybridized carbons (Fsp3) is 0.375. The lowest BCUT2D eigenvalue weighted by atomic mass is 9.97. The van der Waals surface area contributed by atoms with Gasteiger partial charge in [-0.05, 0) is 56.0 Å². The van der Waals surface area contributed by atoms with E-state index in [1.165, 1.54) is 27.9 Å². The van der Waals surface area contributed by atoms with Crippen LogP contribution in [0.2, 0.25) is 0 Å². The molecule has 0 aliphatic rings. The Morgan fingerprint density at radius 3 is 2.28 bits per heavy atom. The highest BCUT2D eigenvalue weighted by molar-refractivity contribution is 5.68. The smallest absolute Gasteiger partial charge is 0.0699 e. The second-order valence-corrected chi connectivity index (χ2v) is 5.04. The molecule has 0 saturated carbocycles. The molecule has 1 heterocycles. The van der Waals surface area contributed by atoms with Crippen LogP contribution in [0, 0.1) is 27.7 Å². The number of aliphatic hydroxyl groups excluding tert-OH is 1. The van der Waals surface area contributed by atoms with Gasteiger partial charge >= 0.3 is 0 Å². The summed E-state index contributed by atoms with van der Waals surface area (Å²) in [6.07, 6.45) is 0. The number of benzene rings is 1. The van der Waals surface area contributed by atoms with E-state index in [0.29, 0.717) is 0 Å². The first-order chi connectivity index (χ1) is 8.47. The summed E-state index contributed by atoms with van der Waals surface area (Å²) in [5.41, 5.74) is 8.55. The van der Waals surface area contributed by atoms with Crippen LogP contribution in [0.4, 0.5) is 0 Å². The Morgan fingerprint density at radius 2 is 1.72 bits per heavy atom. The topological polar surface area (TPSA) is 25.2 Å². The van der Waals surface area contributed by atoms with E-state index in [-0.39, 0.29) is 6.61 Å². The molecule has 96 valence electrons. The summed E-state index contributed by atoms with van der Waals surface area (Å²) in [5.74, 6) is 0. The van der Waals surface area contributed by atoms with Crippen molar-refractivity contribution in [1.29, 1.82) is 0 Å². The Hall–Kier alpha value is -1.54. The number of hydrogen-bond donors (Lipinski definition) is 1. The van der Waals surface area contributed by atoms with Crippen LogP contribution in [0.1, 0.15) is 27.9 Å². The number of aromatic nitrogens is 1. The minimum atomic E-state index is 0.101. The van der Waals surface area contributed by atoms with Crippen molar-refractivity contribution in [3.63, 3.8) is 0 Å². The van der Waals surface area contributed by atoms with Crippen LogP contribution in [0.5, 0.6) is 0 Å². The van der Waals surface area contributed by atoms with E-state index in [2.05, 4.69) is 50.6 Å². The Balaban J connectivity index is 2.66. The van der Waals surface area contributed by atoms with Gasteiger partial charge in [-0.2, -0.15) is 0 Å². The van der Waals surface area contributed by atoms with Crippen molar-refractivity contribution in [3.05, 3.63) is 46.1 Å². The number of rotatable bonds is 2. The summed E-state index contributed by atoms with van der Waals surface area (Å²) in [6.45, 7) is 8.62. The summed E-state index contributed by atoms with van der Waals surface area (Å²) >= 11 is 0. The SMILES string of the molecule is Cc1ccc(-c2cc(CO)c(C)n2C)c(C)c1C. The monoisotopic (exact) mass is 243 g/mol. The fourth-order valence-corrected chi connectivity index (χ4v) is 2.41. The summed E-state index contributed by atoms with van der Waals surface area (Å²) in [4.78, 5) is 0. The summed E-state index contributed by atoms with van der Waals surface area (Å²) in [7, 11) is 2.05. The molecule has 18 heavy (non-hydrogen) atoms. The van der Waals surface area contributed by atoms with Gasteiger partial charge in [0.05, 0.1) is 6.61 Å². The first-order valence-electron chi connectivity index (χ1n) is 6.30. The van der Waals surface area contributed by atoms with Crippen molar-refractivity contribution >= 4 is 0 Å². The number of aryl methyl sites for hydroxylation is 1. The van der Waals surface area contributed by atoms with E-state index in [0.717, 1.165) is 11.3 Å². The third-order valence-electron chi connectivity index (χ3n) is 4.14. The Kier molecular flexibility index (Phi) is 3.31. The molecule has 0 bridgehead atoms. The van der Waals surface area contributed by atoms with Gasteiger partial charge in [0.1, 0.15) is 0 Å². The molecule has 0 fully saturated rings. The number of hydrogen-bond acceptors (Lipinski definition) is 1. The average Bonchev–Trinajstić information content (AvgIpc) is 2.64. The molecule has 0 atom stereocenters. The van der Waals surface area contributed by atoms with Crippen LogP contribution in [-0.2, 0) is 13.7 Å². The Labute approximate surface area is 109 Å². The van der Waals surface area contributed by atoms with Gasteiger partial charge in [0, 0.05) is 24.0 Å². The molecule has 1 aromatic heterocycles. The molecule has 1 aromatic carbocycles. The Bertz CT molecular complexity index is 594. The lowest BCUT2D eigenvalue weighted by Crippen LogP contribution is -1.98. The van der Waals surface area contributed by atoms with Gasteiger partial charge in [-0.15, -0.1) is 0 Å². The van der Waals surface area contributed by atoms with Crippen LogP contribution in [0.15, 0.2) is 18.2 Å². The lowest BCUT2D eigenvalue weighted by molar-refractivity contribution is 0.281. The highest BCUT2D eigenvalue weighted by Gasteiger charge is 2.13. The molecule has 2 heteroatoms. The average molecular weight is 243 g/mol. The van der Waals surface area contributed by atoms with Crippen molar-refractivity contribution < 1.29 is 5.11 Å². The first kappa shape index (κ1) is 12.9. The highest BCUT2D eigenvalue weighted by atomic mass is 16.3. The zero-order valence-electron chi connectivity index (χ0n) is 11.8. The van der Waals surface area contributed by atoms with E-state index in [1.807, 2.05) is 6.92 Å². The molecular weight excluding hydrogens is 222 g/mol. The van der Waals surface area contributed by atoms with Crippen molar-refractivity contribution in [2.24, 2.45) is 7.05 Å². The van der Waals surface area contributed by atoms with E-state index in [4.69, 9.17) is 0 Å². The van der Waals surface area contributed by atoms with Crippen LogP contribution in [0.25, 0.3) is 11.3 Å². The van der Waals surface area contributed by atoms with Crippen molar-refractivity contribution in [3.8, 4) is 11.3 Å². The molecule has 0 spiro atoms.